The Morgan fingerprint density at radius 3 is 2.57 bits per heavy atom. The van der Waals surface area contributed by atoms with Crippen LogP contribution in [-0.2, 0) is 10.2 Å². The van der Waals surface area contributed by atoms with Gasteiger partial charge in [-0.25, -0.2) is 0 Å². The van der Waals surface area contributed by atoms with Gasteiger partial charge in [0.1, 0.15) is 0 Å². The third-order valence-corrected chi connectivity index (χ3v) is 5.42. The molecule has 4 heteroatoms. The highest BCUT2D eigenvalue weighted by Gasteiger charge is 2.40. The van der Waals surface area contributed by atoms with Crippen LogP contribution in [0.2, 0.25) is 5.02 Å². The summed E-state index contributed by atoms with van der Waals surface area (Å²) in [4.78, 5) is 13.1. The third kappa shape index (κ3) is 3.78. The maximum Gasteiger partial charge on any atom is 0.230 e. The zero-order valence-corrected chi connectivity index (χ0v) is 14.3. The second-order valence-electron chi connectivity index (χ2n) is 6.65. The Morgan fingerprint density at radius 2 is 1.91 bits per heavy atom. The van der Waals surface area contributed by atoms with E-state index in [1.165, 1.54) is 12.0 Å². The minimum Gasteiger partial charge on any atom is -0.352 e. The maximum atomic E-state index is 13.1. The van der Waals surface area contributed by atoms with Gasteiger partial charge in [-0.3, -0.25) is 4.79 Å². The van der Waals surface area contributed by atoms with Crippen LogP contribution in [0.5, 0.6) is 0 Å². The Morgan fingerprint density at radius 1 is 1.17 bits per heavy atom. The predicted molar refractivity (Wildman–Crippen MR) is 94.8 cm³/mol. The molecule has 0 aromatic heterocycles. The van der Waals surface area contributed by atoms with Crippen molar-refractivity contribution in [2.24, 2.45) is 0 Å². The summed E-state index contributed by atoms with van der Waals surface area (Å²) in [6, 6.07) is 7.85. The van der Waals surface area contributed by atoms with E-state index in [-0.39, 0.29) is 11.3 Å². The van der Waals surface area contributed by atoms with E-state index < -0.39 is 0 Å². The van der Waals surface area contributed by atoms with Crippen molar-refractivity contribution in [2.45, 2.75) is 43.9 Å². The van der Waals surface area contributed by atoms with Crippen LogP contribution in [0.4, 0.5) is 0 Å². The Hall–Kier alpha value is -1.32. The summed E-state index contributed by atoms with van der Waals surface area (Å²) in [6.07, 6.45) is 8.53. The molecule has 1 amide bonds. The van der Waals surface area contributed by atoms with Crippen molar-refractivity contribution >= 4 is 17.5 Å². The molecule has 2 N–H and O–H groups in total. The number of nitrogens with one attached hydrogen (secondary N) is 2. The van der Waals surface area contributed by atoms with Crippen LogP contribution in [0.25, 0.3) is 0 Å². The molecule has 124 valence electrons. The summed E-state index contributed by atoms with van der Waals surface area (Å²) in [7, 11) is 0. The van der Waals surface area contributed by atoms with Crippen molar-refractivity contribution in [3.8, 4) is 0 Å². The third-order valence-electron chi connectivity index (χ3n) is 5.17. The van der Waals surface area contributed by atoms with Crippen LogP contribution in [0.1, 0.15) is 44.1 Å². The lowest BCUT2D eigenvalue weighted by molar-refractivity contribution is -0.127. The fourth-order valence-corrected chi connectivity index (χ4v) is 3.89. The number of rotatable bonds is 4. The van der Waals surface area contributed by atoms with Crippen LogP contribution in [0.3, 0.4) is 0 Å². The standard InChI is InChI=1S/C19H25ClN2O/c20-17-6-4-16(5-7-17)19(10-2-1-3-11-19)18(23)22-14-15-8-12-21-13-9-15/h4-8,21H,1-3,9-14H2,(H,22,23). The molecular weight excluding hydrogens is 308 g/mol. The second-order valence-corrected chi connectivity index (χ2v) is 7.09. The number of amides is 1. The van der Waals surface area contributed by atoms with Crippen LogP contribution >= 0.6 is 11.6 Å². The van der Waals surface area contributed by atoms with Gasteiger partial charge in [0, 0.05) is 18.1 Å². The summed E-state index contributed by atoms with van der Waals surface area (Å²) in [5, 5.41) is 7.23. The molecule has 1 heterocycles. The molecule has 1 aromatic rings. The highest BCUT2D eigenvalue weighted by Crippen LogP contribution is 2.40. The Labute approximate surface area is 143 Å². The summed E-state index contributed by atoms with van der Waals surface area (Å²) < 4.78 is 0. The van der Waals surface area contributed by atoms with E-state index in [9.17, 15) is 4.79 Å². The summed E-state index contributed by atoms with van der Waals surface area (Å²) in [5.74, 6) is 0.180. The Kier molecular flexibility index (Phi) is 5.39. The number of benzene rings is 1. The number of carbonyl (C=O) groups excluding carboxylic acids is 1. The van der Waals surface area contributed by atoms with E-state index in [1.54, 1.807) is 0 Å². The first kappa shape index (κ1) is 16.5. The van der Waals surface area contributed by atoms with Crippen molar-refractivity contribution < 1.29 is 4.79 Å². The number of hydrogen-bond donors (Lipinski definition) is 2. The molecule has 1 aliphatic carbocycles. The molecule has 0 atom stereocenters. The summed E-state index contributed by atoms with van der Waals surface area (Å²) >= 11 is 6.02. The zero-order valence-electron chi connectivity index (χ0n) is 13.5. The molecule has 0 spiro atoms. The molecule has 3 nitrogen and oxygen atoms in total. The topological polar surface area (TPSA) is 41.1 Å². The maximum absolute atomic E-state index is 13.1. The largest absolute Gasteiger partial charge is 0.352 e. The molecule has 1 aromatic carbocycles. The smallest absolute Gasteiger partial charge is 0.230 e. The molecule has 23 heavy (non-hydrogen) atoms. The number of hydrogen-bond acceptors (Lipinski definition) is 2. The highest BCUT2D eigenvalue weighted by molar-refractivity contribution is 6.30. The van der Waals surface area contributed by atoms with Crippen LogP contribution < -0.4 is 10.6 Å². The van der Waals surface area contributed by atoms with Crippen molar-refractivity contribution in [3.63, 3.8) is 0 Å². The number of carbonyl (C=O) groups is 1. The normalized spacial score (nSPS) is 20.7. The van der Waals surface area contributed by atoms with Crippen molar-refractivity contribution in [2.75, 3.05) is 19.6 Å². The molecule has 3 rings (SSSR count). The summed E-state index contributed by atoms with van der Waals surface area (Å²) in [6.45, 7) is 2.59. The summed E-state index contributed by atoms with van der Waals surface area (Å²) in [5.41, 5.74) is 2.06. The first-order chi connectivity index (χ1) is 11.2. The minimum absolute atomic E-state index is 0.180. The average molecular weight is 333 g/mol. The van der Waals surface area contributed by atoms with Gasteiger partial charge in [-0.15, -0.1) is 0 Å². The average Bonchev–Trinajstić information content (AvgIpc) is 2.61. The molecule has 1 aliphatic heterocycles. The van der Waals surface area contributed by atoms with Crippen LogP contribution in [0, 0.1) is 0 Å². The fraction of sp³-hybridized carbons (Fsp3) is 0.526. The lowest BCUT2D eigenvalue weighted by Crippen LogP contribution is -2.46. The minimum atomic E-state index is -0.379. The van der Waals surface area contributed by atoms with Crippen molar-refractivity contribution in [1.82, 2.24) is 10.6 Å². The lowest BCUT2D eigenvalue weighted by atomic mass is 9.68. The van der Waals surface area contributed by atoms with Gasteiger partial charge < -0.3 is 10.6 Å². The van der Waals surface area contributed by atoms with Gasteiger partial charge >= 0.3 is 0 Å². The molecule has 0 radical (unpaired) electrons. The highest BCUT2D eigenvalue weighted by atomic mass is 35.5. The van der Waals surface area contributed by atoms with E-state index >= 15 is 0 Å². The molecule has 0 bridgehead atoms. The molecule has 0 saturated heterocycles. The molecule has 1 saturated carbocycles. The van der Waals surface area contributed by atoms with E-state index in [1.807, 2.05) is 24.3 Å². The Bertz CT molecular complexity index is 574. The molecule has 2 aliphatic rings. The van der Waals surface area contributed by atoms with E-state index in [0.29, 0.717) is 6.54 Å². The fourth-order valence-electron chi connectivity index (χ4n) is 3.76. The van der Waals surface area contributed by atoms with Crippen molar-refractivity contribution in [1.29, 1.82) is 0 Å². The van der Waals surface area contributed by atoms with Crippen LogP contribution in [-0.4, -0.2) is 25.5 Å². The monoisotopic (exact) mass is 332 g/mol. The zero-order chi connectivity index (χ0) is 16.1. The van der Waals surface area contributed by atoms with Gasteiger partial charge in [-0.1, -0.05) is 54.6 Å². The predicted octanol–water partition coefficient (Wildman–Crippen LogP) is 3.58. The molecule has 0 unspecified atom stereocenters. The van der Waals surface area contributed by atoms with Gasteiger partial charge in [0.05, 0.1) is 5.41 Å². The van der Waals surface area contributed by atoms with Gasteiger partial charge in [0.15, 0.2) is 0 Å². The quantitative estimate of drug-likeness (QED) is 0.827. The Balaban J connectivity index is 1.76. The lowest BCUT2D eigenvalue weighted by Gasteiger charge is -2.36. The first-order valence-electron chi connectivity index (χ1n) is 8.64. The second kappa shape index (κ2) is 7.50. The van der Waals surface area contributed by atoms with Crippen LogP contribution in [0.15, 0.2) is 35.9 Å². The SMILES string of the molecule is O=C(NCC1=CCNCC1)C1(c2ccc(Cl)cc2)CCCCC1. The molecular formula is C19H25ClN2O. The molecule has 1 fully saturated rings. The number of halogens is 1. The van der Waals surface area contributed by atoms with E-state index in [0.717, 1.165) is 55.8 Å². The first-order valence-corrected chi connectivity index (χ1v) is 9.01. The van der Waals surface area contributed by atoms with Gasteiger partial charge in [0.2, 0.25) is 5.91 Å². The van der Waals surface area contributed by atoms with Gasteiger partial charge in [0.25, 0.3) is 0 Å². The van der Waals surface area contributed by atoms with E-state index in [2.05, 4.69) is 16.7 Å². The van der Waals surface area contributed by atoms with E-state index in [4.69, 9.17) is 11.6 Å². The van der Waals surface area contributed by atoms with Gasteiger partial charge in [-0.2, -0.15) is 0 Å². The van der Waals surface area contributed by atoms with Gasteiger partial charge in [-0.05, 0) is 43.5 Å². The van der Waals surface area contributed by atoms with Crippen molar-refractivity contribution in [3.05, 3.63) is 46.5 Å².